The summed E-state index contributed by atoms with van der Waals surface area (Å²) in [7, 11) is 1.96. The number of aromatic nitrogens is 3. The zero-order chi connectivity index (χ0) is 28.5. The summed E-state index contributed by atoms with van der Waals surface area (Å²) in [5.41, 5.74) is 2.41. The van der Waals surface area contributed by atoms with Gasteiger partial charge in [-0.25, -0.2) is 9.59 Å². The number of aliphatic carboxylic acids is 2. The van der Waals surface area contributed by atoms with Gasteiger partial charge in [0.15, 0.2) is 0 Å². The summed E-state index contributed by atoms with van der Waals surface area (Å²) in [5.74, 6) is -5.51. The predicted octanol–water partition coefficient (Wildman–Crippen LogP) is 3.03. The van der Waals surface area contributed by atoms with E-state index in [0.29, 0.717) is 12.6 Å². The van der Waals surface area contributed by atoms with Crippen molar-refractivity contribution in [2.75, 3.05) is 13.2 Å². The highest BCUT2D eigenvalue weighted by Crippen LogP contribution is 2.33. The van der Waals surface area contributed by atoms with Crippen LogP contribution in [-0.4, -0.2) is 85.6 Å². The number of halogens is 6. The molecular formula is C22H26F6N4O6. The lowest BCUT2D eigenvalue weighted by Gasteiger charge is -2.30. The largest absolute Gasteiger partial charge is 0.490 e. The van der Waals surface area contributed by atoms with E-state index < -0.39 is 24.3 Å². The summed E-state index contributed by atoms with van der Waals surface area (Å²) < 4.78 is 77.7. The zero-order valence-electron chi connectivity index (χ0n) is 20.0. The van der Waals surface area contributed by atoms with Crippen molar-refractivity contribution in [1.82, 2.24) is 19.7 Å². The van der Waals surface area contributed by atoms with Crippen molar-refractivity contribution in [2.45, 2.75) is 56.6 Å². The monoisotopic (exact) mass is 556 g/mol. The topological polar surface area (TPSA) is 127 Å². The van der Waals surface area contributed by atoms with E-state index in [1.54, 1.807) is 0 Å². The third-order valence-corrected chi connectivity index (χ3v) is 5.49. The number of nitrogens with zero attached hydrogens (tertiary/aromatic N) is 4. The van der Waals surface area contributed by atoms with E-state index in [2.05, 4.69) is 21.2 Å². The third kappa shape index (κ3) is 9.90. The summed E-state index contributed by atoms with van der Waals surface area (Å²) >= 11 is 0. The highest BCUT2D eigenvalue weighted by molar-refractivity contribution is 5.73. The fourth-order valence-corrected chi connectivity index (χ4v) is 3.84. The Morgan fingerprint density at radius 3 is 2.13 bits per heavy atom. The predicted molar refractivity (Wildman–Crippen MR) is 117 cm³/mol. The Morgan fingerprint density at radius 2 is 1.63 bits per heavy atom. The summed E-state index contributed by atoms with van der Waals surface area (Å²) in [6.45, 7) is 3.25. The minimum absolute atomic E-state index is 0.136. The van der Waals surface area contributed by atoms with Crippen molar-refractivity contribution in [3.05, 3.63) is 48.0 Å². The van der Waals surface area contributed by atoms with Gasteiger partial charge in [0.25, 0.3) is 0 Å². The van der Waals surface area contributed by atoms with E-state index in [1.165, 1.54) is 5.56 Å². The van der Waals surface area contributed by atoms with Crippen LogP contribution in [0.1, 0.15) is 24.0 Å². The molecule has 212 valence electrons. The molecule has 0 aromatic carbocycles. The second-order valence-corrected chi connectivity index (χ2v) is 8.28. The molecule has 2 bridgehead atoms. The standard InChI is InChI=1S/C18H24N4O2.2C2HF3O2/c1-21-11-15(10-20-21)12-22-8-9-23-17-3-2-16(22)18(17)24-13-14-4-6-19-7-5-14;2*3-2(4,5)1(6)7/h4-7,10-11,16-18H,2-3,8-9,12-13H2,1H3;2*(H,6,7). The number of rotatable bonds is 5. The molecule has 3 heterocycles. The number of carboxylic acids is 2. The van der Waals surface area contributed by atoms with E-state index in [0.717, 1.165) is 38.1 Å². The number of fused-ring (bicyclic) bond motifs is 2. The van der Waals surface area contributed by atoms with Crippen LogP contribution in [0.2, 0.25) is 0 Å². The molecule has 2 fully saturated rings. The van der Waals surface area contributed by atoms with Crippen molar-refractivity contribution in [2.24, 2.45) is 7.05 Å². The Hall–Kier alpha value is -3.24. The number of hydrogen-bond donors (Lipinski definition) is 2. The fraction of sp³-hybridized carbons (Fsp3) is 0.545. The molecule has 16 heteroatoms. The first-order valence-corrected chi connectivity index (χ1v) is 11.1. The summed E-state index contributed by atoms with van der Waals surface area (Å²) in [4.78, 5) is 24.4. The molecule has 4 rings (SSSR count). The van der Waals surface area contributed by atoms with Crippen LogP contribution in [0, 0.1) is 0 Å². The van der Waals surface area contributed by atoms with Crippen LogP contribution in [0.5, 0.6) is 0 Å². The Labute approximate surface area is 212 Å². The van der Waals surface area contributed by atoms with Crippen molar-refractivity contribution >= 4 is 11.9 Å². The van der Waals surface area contributed by atoms with E-state index in [4.69, 9.17) is 29.3 Å². The van der Waals surface area contributed by atoms with Gasteiger partial charge in [0.05, 0.1) is 31.6 Å². The van der Waals surface area contributed by atoms with Crippen molar-refractivity contribution in [3.63, 3.8) is 0 Å². The Bertz CT molecular complexity index is 1010. The Morgan fingerprint density at radius 1 is 1.05 bits per heavy atom. The second kappa shape index (κ2) is 13.5. The van der Waals surface area contributed by atoms with Crippen molar-refractivity contribution in [3.8, 4) is 0 Å². The second-order valence-electron chi connectivity index (χ2n) is 8.28. The van der Waals surface area contributed by atoms with E-state index in [-0.39, 0.29) is 12.2 Å². The molecule has 0 spiro atoms. The lowest BCUT2D eigenvalue weighted by atomic mass is 10.1. The maximum Gasteiger partial charge on any atom is 0.490 e. The van der Waals surface area contributed by atoms with Crippen molar-refractivity contribution in [1.29, 1.82) is 0 Å². The van der Waals surface area contributed by atoms with Gasteiger partial charge in [-0.05, 0) is 30.5 Å². The molecule has 1 aliphatic carbocycles. The first-order valence-electron chi connectivity index (χ1n) is 11.1. The van der Waals surface area contributed by atoms with Crippen LogP contribution in [-0.2, 0) is 39.3 Å². The SMILES string of the molecule is Cn1cc(CN2CCOC3CCC2C3OCc2ccncc2)cn1.O=C(O)C(F)(F)F.O=C(O)C(F)(F)F. The molecule has 1 aliphatic heterocycles. The molecular weight excluding hydrogens is 530 g/mol. The number of carbonyl (C=O) groups is 2. The van der Waals surface area contributed by atoms with Crippen molar-refractivity contribution < 1.29 is 55.6 Å². The van der Waals surface area contributed by atoms with Crippen LogP contribution in [0.15, 0.2) is 36.9 Å². The van der Waals surface area contributed by atoms with Crippen LogP contribution in [0.25, 0.3) is 0 Å². The third-order valence-electron chi connectivity index (χ3n) is 5.49. The van der Waals surface area contributed by atoms with E-state index in [9.17, 15) is 26.3 Å². The molecule has 10 nitrogen and oxygen atoms in total. The summed E-state index contributed by atoms with van der Waals surface area (Å²) in [5, 5.41) is 18.5. The van der Waals surface area contributed by atoms with Gasteiger partial charge in [-0.3, -0.25) is 14.6 Å². The normalized spacial score (nSPS) is 21.4. The highest BCUT2D eigenvalue weighted by Gasteiger charge is 2.43. The number of aryl methyl sites for hydroxylation is 1. The maximum absolute atomic E-state index is 10.6. The lowest BCUT2D eigenvalue weighted by Crippen LogP contribution is -2.42. The Balaban J connectivity index is 0.000000301. The molecule has 1 saturated carbocycles. The average Bonchev–Trinajstić information content (AvgIpc) is 3.37. The first kappa shape index (κ1) is 31.0. The van der Waals surface area contributed by atoms with E-state index >= 15 is 0 Å². The smallest absolute Gasteiger partial charge is 0.475 e. The lowest BCUT2D eigenvalue weighted by molar-refractivity contribution is -0.193. The maximum atomic E-state index is 10.6. The highest BCUT2D eigenvalue weighted by atomic mass is 19.4. The van der Waals surface area contributed by atoms with Gasteiger partial charge in [-0.1, -0.05) is 0 Å². The quantitative estimate of drug-likeness (QED) is 0.535. The summed E-state index contributed by atoms with van der Waals surface area (Å²) in [6, 6.07) is 4.43. The average molecular weight is 556 g/mol. The molecule has 3 atom stereocenters. The number of hydrogen-bond acceptors (Lipinski definition) is 7. The molecule has 2 aromatic heterocycles. The van der Waals surface area contributed by atoms with Gasteiger partial charge in [0.2, 0.25) is 0 Å². The molecule has 3 unspecified atom stereocenters. The fourth-order valence-electron chi connectivity index (χ4n) is 3.84. The number of carboxylic acid groups (broad SMARTS) is 2. The van der Waals surface area contributed by atoms with Crippen LogP contribution in [0.4, 0.5) is 26.3 Å². The summed E-state index contributed by atoms with van der Waals surface area (Å²) in [6.07, 6.45) is 0.0575. The molecule has 2 aliphatic rings. The van der Waals surface area contributed by atoms with Gasteiger partial charge < -0.3 is 19.7 Å². The van der Waals surface area contributed by atoms with Gasteiger partial charge in [0, 0.05) is 50.3 Å². The minimum atomic E-state index is -5.08. The Kier molecular flexibility index (Phi) is 11.0. The number of pyridine rings is 1. The molecule has 2 aromatic rings. The van der Waals surface area contributed by atoms with Crippen LogP contribution >= 0.6 is 0 Å². The van der Waals surface area contributed by atoms with Crippen LogP contribution in [0.3, 0.4) is 0 Å². The van der Waals surface area contributed by atoms with Gasteiger partial charge >= 0.3 is 24.3 Å². The van der Waals surface area contributed by atoms with Crippen LogP contribution < -0.4 is 0 Å². The molecule has 0 radical (unpaired) electrons. The number of ether oxygens (including phenoxy) is 2. The van der Waals surface area contributed by atoms with Gasteiger partial charge in [-0.2, -0.15) is 31.4 Å². The molecule has 0 amide bonds. The molecule has 1 saturated heterocycles. The minimum Gasteiger partial charge on any atom is -0.475 e. The van der Waals surface area contributed by atoms with Gasteiger partial charge in [0.1, 0.15) is 0 Å². The van der Waals surface area contributed by atoms with Gasteiger partial charge in [-0.15, -0.1) is 0 Å². The molecule has 2 N–H and O–H groups in total. The van der Waals surface area contributed by atoms with E-state index in [1.807, 2.05) is 42.5 Å². The zero-order valence-corrected chi connectivity index (χ0v) is 20.0. The molecule has 38 heavy (non-hydrogen) atoms. The number of alkyl halides is 6. The first-order chi connectivity index (χ1) is 17.7.